The van der Waals surface area contributed by atoms with Crippen LogP contribution in [-0.2, 0) is 0 Å². The number of unbranched alkanes of at least 4 members (excludes halogenated alkanes) is 2. The minimum Gasteiger partial charge on any atom is -0.313 e. The molecule has 0 rings (SSSR count). The van der Waals surface area contributed by atoms with Crippen molar-refractivity contribution in [2.45, 2.75) is 58.9 Å². The zero-order valence-electron chi connectivity index (χ0n) is 10.1. The molecule has 0 aromatic heterocycles. The molecule has 14 heavy (non-hydrogen) atoms. The van der Waals surface area contributed by atoms with E-state index in [1.54, 1.807) is 0 Å². The maximum Gasteiger partial charge on any atom is 0.0158 e. The van der Waals surface area contributed by atoms with Gasteiger partial charge in [-0.1, -0.05) is 40.0 Å². The molecule has 0 radical (unpaired) electrons. The standard InChI is InChI=1S/C12H27NS/c1-4-7-8-9-12(13-6-3)11-14-10-5-2/h12-13H,4-11H2,1-3H3. The molecule has 0 saturated heterocycles. The molecule has 2 heteroatoms. The molecule has 0 aliphatic heterocycles. The SMILES string of the molecule is CCCCCC(CSCCC)NCC. The lowest BCUT2D eigenvalue weighted by atomic mass is 10.1. The number of hydrogen-bond acceptors (Lipinski definition) is 2. The van der Waals surface area contributed by atoms with Crippen LogP contribution in [0.2, 0.25) is 0 Å². The first-order valence-electron chi connectivity index (χ1n) is 6.16. The van der Waals surface area contributed by atoms with Crippen molar-refractivity contribution in [3.63, 3.8) is 0 Å². The fraction of sp³-hybridized carbons (Fsp3) is 1.00. The first-order valence-corrected chi connectivity index (χ1v) is 7.31. The van der Waals surface area contributed by atoms with Gasteiger partial charge in [-0.3, -0.25) is 0 Å². The van der Waals surface area contributed by atoms with Crippen LogP contribution < -0.4 is 5.32 Å². The summed E-state index contributed by atoms with van der Waals surface area (Å²) in [6.07, 6.45) is 6.78. The van der Waals surface area contributed by atoms with E-state index < -0.39 is 0 Å². The van der Waals surface area contributed by atoms with Gasteiger partial charge in [0.2, 0.25) is 0 Å². The molecule has 0 aromatic rings. The van der Waals surface area contributed by atoms with Crippen molar-refractivity contribution >= 4 is 11.8 Å². The fourth-order valence-electron chi connectivity index (χ4n) is 1.54. The highest BCUT2D eigenvalue weighted by molar-refractivity contribution is 7.99. The van der Waals surface area contributed by atoms with Crippen LogP contribution in [0.4, 0.5) is 0 Å². The summed E-state index contributed by atoms with van der Waals surface area (Å²) >= 11 is 2.10. The van der Waals surface area contributed by atoms with Crippen molar-refractivity contribution in [1.82, 2.24) is 5.32 Å². The molecule has 1 atom stereocenters. The Morgan fingerprint density at radius 2 is 1.86 bits per heavy atom. The summed E-state index contributed by atoms with van der Waals surface area (Å²) in [5.74, 6) is 2.61. The molecule has 0 heterocycles. The highest BCUT2D eigenvalue weighted by atomic mass is 32.2. The lowest BCUT2D eigenvalue weighted by Gasteiger charge is -2.17. The third-order valence-corrected chi connectivity index (χ3v) is 3.65. The largest absolute Gasteiger partial charge is 0.313 e. The molecule has 86 valence electrons. The first kappa shape index (κ1) is 14.3. The topological polar surface area (TPSA) is 12.0 Å². The van der Waals surface area contributed by atoms with Crippen LogP contribution in [0.15, 0.2) is 0 Å². The number of nitrogens with one attached hydrogen (secondary N) is 1. The highest BCUT2D eigenvalue weighted by Gasteiger charge is 2.05. The molecule has 1 N–H and O–H groups in total. The summed E-state index contributed by atoms with van der Waals surface area (Å²) in [5, 5.41) is 3.58. The Balaban J connectivity index is 3.44. The normalized spacial score (nSPS) is 13.1. The van der Waals surface area contributed by atoms with Gasteiger partial charge in [0.05, 0.1) is 0 Å². The van der Waals surface area contributed by atoms with E-state index in [1.807, 2.05) is 0 Å². The third-order valence-electron chi connectivity index (χ3n) is 2.32. The van der Waals surface area contributed by atoms with Crippen molar-refractivity contribution in [3.05, 3.63) is 0 Å². The van der Waals surface area contributed by atoms with Gasteiger partial charge >= 0.3 is 0 Å². The van der Waals surface area contributed by atoms with Crippen LogP contribution in [0.5, 0.6) is 0 Å². The Hall–Kier alpha value is 0.310. The zero-order chi connectivity index (χ0) is 10.6. The van der Waals surface area contributed by atoms with E-state index in [1.165, 1.54) is 43.6 Å². The van der Waals surface area contributed by atoms with Gasteiger partial charge in [-0.05, 0) is 25.1 Å². The lowest BCUT2D eigenvalue weighted by molar-refractivity contribution is 0.506. The average molecular weight is 217 g/mol. The van der Waals surface area contributed by atoms with Gasteiger partial charge in [0, 0.05) is 11.8 Å². The predicted molar refractivity (Wildman–Crippen MR) is 69.2 cm³/mol. The van der Waals surface area contributed by atoms with Crippen LogP contribution in [0.25, 0.3) is 0 Å². The molecule has 0 aliphatic rings. The summed E-state index contributed by atoms with van der Waals surface area (Å²) in [5.41, 5.74) is 0. The Labute approximate surface area is 94.4 Å². The zero-order valence-corrected chi connectivity index (χ0v) is 11.0. The van der Waals surface area contributed by atoms with Crippen molar-refractivity contribution in [1.29, 1.82) is 0 Å². The maximum atomic E-state index is 3.58. The van der Waals surface area contributed by atoms with Gasteiger partial charge in [-0.25, -0.2) is 0 Å². The lowest BCUT2D eigenvalue weighted by Crippen LogP contribution is -2.31. The fourth-order valence-corrected chi connectivity index (χ4v) is 2.57. The quantitative estimate of drug-likeness (QED) is 0.560. The Morgan fingerprint density at radius 3 is 2.43 bits per heavy atom. The molecule has 0 spiro atoms. The van der Waals surface area contributed by atoms with E-state index in [9.17, 15) is 0 Å². The van der Waals surface area contributed by atoms with Crippen molar-refractivity contribution in [2.75, 3.05) is 18.1 Å². The Kier molecular flexibility index (Phi) is 11.6. The van der Waals surface area contributed by atoms with Crippen molar-refractivity contribution < 1.29 is 0 Å². The molecule has 0 bridgehead atoms. The molecule has 0 amide bonds. The van der Waals surface area contributed by atoms with Crippen molar-refractivity contribution in [2.24, 2.45) is 0 Å². The number of rotatable bonds is 10. The summed E-state index contributed by atoms with van der Waals surface area (Å²) in [4.78, 5) is 0. The van der Waals surface area contributed by atoms with Gasteiger partial charge in [-0.2, -0.15) is 11.8 Å². The smallest absolute Gasteiger partial charge is 0.0158 e. The van der Waals surface area contributed by atoms with E-state index >= 15 is 0 Å². The van der Waals surface area contributed by atoms with E-state index in [0.717, 1.165) is 12.6 Å². The molecule has 0 aromatic carbocycles. The molecule has 0 aliphatic carbocycles. The van der Waals surface area contributed by atoms with E-state index in [-0.39, 0.29) is 0 Å². The minimum atomic E-state index is 0.753. The molecule has 0 fully saturated rings. The van der Waals surface area contributed by atoms with Gasteiger partial charge in [0.25, 0.3) is 0 Å². The minimum absolute atomic E-state index is 0.753. The van der Waals surface area contributed by atoms with Gasteiger partial charge in [-0.15, -0.1) is 0 Å². The summed E-state index contributed by atoms with van der Waals surface area (Å²) < 4.78 is 0. The third kappa shape index (κ3) is 8.89. The summed E-state index contributed by atoms with van der Waals surface area (Å²) in [6, 6.07) is 0.753. The second-order valence-corrected chi connectivity index (χ2v) is 4.98. The first-order chi connectivity index (χ1) is 6.85. The van der Waals surface area contributed by atoms with E-state index in [0.29, 0.717) is 0 Å². The van der Waals surface area contributed by atoms with Crippen LogP contribution in [0, 0.1) is 0 Å². The maximum absolute atomic E-state index is 3.58. The molecule has 0 saturated carbocycles. The second-order valence-electron chi connectivity index (χ2n) is 3.83. The monoisotopic (exact) mass is 217 g/mol. The Bertz CT molecular complexity index is 96.5. The van der Waals surface area contributed by atoms with Crippen LogP contribution in [0.3, 0.4) is 0 Å². The Morgan fingerprint density at radius 1 is 1.07 bits per heavy atom. The highest BCUT2D eigenvalue weighted by Crippen LogP contribution is 2.10. The van der Waals surface area contributed by atoms with Crippen LogP contribution in [0.1, 0.15) is 52.9 Å². The van der Waals surface area contributed by atoms with Gasteiger partial charge in [0.15, 0.2) is 0 Å². The summed E-state index contributed by atoms with van der Waals surface area (Å²) in [6.45, 7) is 7.85. The molecular weight excluding hydrogens is 190 g/mol. The number of thioether (sulfide) groups is 1. The second kappa shape index (κ2) is 11.4. The molecule has 1 unspecified atom stereocenters. The predicted octanol–water partition coefficient (Wildman–Crippen LogP) is 3.69. The van der Waals surface area contributed by atoms with Crippen LogP contribution in [-0.4, -0.2) is 24.1 Å². The number of hydrogen-bond donors (Lipinski definition) is 1. The molecule has 1 nitrogen and oxygen atoms in total. The summed E-state index contributed by atoms with van der Waals surface area (Å²) in [7, 11) is 0. The van der Waals surface area contributed by atoms with E-state index in [2.05, 4.69) is 37.8 Å². The van der Waals surface area contributed by atoms with Gasteiger partial charge in [0.1, 0.15) is 0 Å². The van der Waals surface area contributed by atoms with Gasteiger partial charge < -0.3 is 5.32 Å². The average Bonchev–Trinajstić information content (AvgIpc) is 2.18. The van der Waals surface area contributed by atoms with Crippen LogP contribution >= 0.6 is 11.8 Å². The van der Waals surface area contributed by atoms with Crippen molar-refractivity contribution in [3.8, 4) is 0 Å². The van der Waals surface area contributed by atoms with E-state index in [4.69, 9.17) is 0 Å². The molecular formula is C12H27NS.